The van der Waals surface area contributed by atoms with E-state index in [-0.39, 0.29) is 62.2 Å². The third-order valence-electron chi connectivity index (χ3n) is 14.3. The van der Waals surface area contributed by atoms with E-state index in [4.69, 9.17) is 42.1 Å². The third kappa shape index (κ3) is 18.5. The Labute approximate surface area is 500 Å². The molecule has 0 spiro atoms. The molecular formula is C60H80Cl2N6O12S2. The molecule has 5 rings (SSSR count). The number of rotatable bonds is 16. The van der Waals surface area contributed by atoms with E-state index in [1.54, 1.807) is 35.3 Å². The molecule has 1 aliphatic heterocycles. The van der Waals surface area contributed by atoms with Gasteiger partial charge in [0.05, 0.1) is 11.0 Å². The SMILES string of the molecule is CC(C)CC1C(=O)OC(Cc2ccc(Cc3scnc3Cl)cc2)C(=O)N(C)C(CC(C)C)C(=O)OC(C)C(=O)N(C)C(CC(C)C)C(=O)OC(Cc2ccc(Cc3scnc3Cl)cc2)C(=O)N(C)C(CC(C)C)C(=O)OC(C)C(=O)N1C. The predicted octanol–water partition coefficient (Wildman–Crippen LogP) is 9.07. The first kappa shape index (κ1) is 66.8. The molecule has 0 saturated carbocycles. The van der Waals surface area contributed by atoms with Gasteiger partial charge in [-0.05, 0) is 85.5 Å². The first-order valence-corrected chi connectivity index (χ1v) is 30.3. The molecule has 0 N–H and O–H groups in total. The zero-order valence-electron chi connectivity index (χ0n) is 49.5. The fourth-order valence-electron chi connectivity index (χ4n) is 9.61. The number of aromatic nitrogens is 2. The maximum Gasteiger partial charge on any atom is 0.329 e. The average molecular weight is 1210 g/mol. The van der Waals surface area contributed by atoms with E-state index in [1.165, 1.54) is 64.7 Å². The molecule has 448 valence electrons. The second kappa shape index (κ2) is 30.5. The van der Waals surface area contributed by atoms with Crippen molar-refractivity contribution in [2.24, 2.45) is 23.7 Å². The minimum absolute atomic E-state index is 0.0739. The molecule has 1 aliphatic rings. The molecule has 0 bridgehead atoms. The van der Waals surface area contributed by atoms with Gasteiger partial charge in [0.25, 0.3) is 23.6 Å². The van der Waals surface area contributed by atoms with E-state index in [0.29, 0.717) is 34.3 Å². The van der Waals surface area contributed by atoms with Gasteiger partial charge in [-0.25, -0.2) is 29.1 Å². The van der Waals surface area contributed by atoms with E-state index in [0.717, 1.165) is 40.5 Å². The number of carbonyl (C=O) groups is 8. The van der Waals surface area contributed by atoms with Gasteiger partial charge >= 0.3 is 23.9 Å². The average Bonchev–Trinajstić information content (AvgIpc) is 4.03. The maximum absolute atomic E-state index is 15.0. The molecule has 8 unspecified atom stereocenters. The summed E-state index contributed by atoms with van der Waals surface area (Å²) in [5.74, 6) is -7.54. The molecule has 1 saturated heterocycles. The topological polar surface area (TPSA) is 212 Å². The number of hydrogen-bond acceptors (Lipinski definition) is 16. The zero-order chi connectivity index (χ0) is 60.9. The van der Waals surface area contributed by atoms with E-state index >= 15 is 9.59 Å². The summed E-state index contributed by atoms with van der Waals surface area (Å²) in [5.41, 5.74) is 6.33. The minimum atomic E-state index is -1.55. The molecule has 82 heavy (non-hydrogen) atoms. The highest BCUT2D eigenvalue weighted by Gasteiger charge is 2.43. The number of halogens is 2. The molecule has 8 atom stereocenters. The van der Waals surface area contributed by atoms with Gasteiger partial charge in [0.2, 0.25) is 0 Å². The Bertz CT molecular complexity index is 2640. The van der Waals surface area contributed by atoms with Crippen molar-refractivity contribution in [3.05, 3.63) is 102 Å². The summed E-state index contributed by atoms with van der Waals surface area (Å²) in [6.07, 6.45) is -5.07. The molecule has 0 radical (unpaired) electrons. The number of likely N-dealkylation sites (N-methyl/N-ethyl adjacent to an activating group) is 4. The first-order valence-electron chi connectivity index (χ1n) is 27.8. The number of benzene rings is 2. The van der Waals surface area contributed by atoms with Crippen LogP contribution in [0.25, 0.3) is 0 Å². The number of cyclic esters (lactones) is 4. The second-order valence-electron chi connectivity index (χ2n) is 22.9. The summed E-state index contributed by atoms with van der Waals surface area (Å²) in [7, 11) is 5.54. The predicted molar refractivity (Wildman–Crippen MR) is 315 cm³/mol. The molecule has 0 aliphatic carbocycles. The zero-order valence-corrected chi connectivity index (χ0v) is 52.7. The molecule has 18 nitrogen and oxygen atoms in total. The van der Waals surface area contributed by atoms with Gasteiger partial charge in [-0.1, -0.05) is 127 Å². The Morgan fingerprint density at radius 1 is 0.427 bits per heavy atom. The fourth-order valence-corrected chi connectivity index (χ4v) is 11.6. The maximum atomic E-state index is 15.0. The van der Waals surface area contributed by atoms with Crippen LogP contribution in [0.1, 0.15) is 127 Å². The third-order valence-corrected chi connectivity index (χ3v) is 16.8. The van der Waals surface area contributed by atoms with Crippen LogP contribution in [0.4, 0.5) is 0 Å². The van der Waals surface area contributed by atoms with E-state index in [1.807, 2.05) is 79.7 Å². The van der Waals surface area contributed by atoms with Gasteiger partial charge in [0.15, 0.2) is 24.4 Å². The Balaban J connectivity index is 1.59. The van der Waals surface area contributed by atoms with Gasteiger partial charge in [-0.2, -0.15) is 0 Å². The van der Waals surface area contributed by atoms with Crippen molar-refractivity contribution in [1.82, 2.24) is 29.6 Å². The minimum Gasteiger partial charge on any atom is -0.451 e. The van der Waals surface area contributed by atoms with Crippen molar-refractivity contribution in [2.45, 2.75) is 169 Å². The molecular weight excluding hydrogens is 1130 g/mol. The van der Waals surface area contributed by atoms with Gasteiger partial charge in [0, 0.05) is 63.6 Å². The number of ether oxygens (including phenoxy) is 4. The van der Waals surface area contributed by atoms with Crippen LogP contribution < -0.4 is 0 Å². The molecule has 4 amide bonds. The molecule has 3 heterocycles. The standard InChI is InChI=1S/C60H80Cl2N6O12S2/c1-33(2)23-43-57(73)77-37(9)53(69)65(11)46(26-36(7)8)60(76)80-48(28-40-17-21-42(22-18-40)30-50-52(62)64-32-82-50)56(72)68(14)44(24-34(3)4)58(74)78-38(10)54(70)66(12)45(25-35(5)6)59(75)79-47(55(71)67(43)13)27-39-15-19-41(20-16-39)29-49-51(61)63-31-81-49/h15-22,31-38,43-48H,23-30H2,1-14H3. The van der Waals surface area contributed by atoms with E-state index in [2.05, 4.69) is 9.97 Å². The highest BCUT2D eigenvalue weighted by molar-refractivity contribution is 7.10. The highest BCUT2D eigenvalue weighted by atomic mass is 35.5. The monoisotopic (exact) mass is 1210 g/mol. The number of esters is 4. The lowest BCUT2D eigenvalue weighted by Crippen LogP contribution is -2.55. The summed E-state index contributed by atoms with van der Waals surface area (Å²) in [5, 5.41) is 0.805. The molecule has 2 aromatic carbocycles. The first-order chi connectivity index (χ1) is 38.6. The summed E-state index contributed by atoms with van der Waals surface area (Å²) in [6.45, 7) is 17.5. The quantitative estimate of drug-likeness (QED) is 0.0757. The van der Waals surface area contributed by atoms with Gasteiger partial charge < -0.3 is 38.5 Å². The van der Waals surface area contributed by atoms with Crippen molar-refractivity contribution in [1.29, 1.82) is 0 Å². The van der Waals surface area contributed by atoms with Crippen LogP contribution in [0.3, 0.4) is 0 Å². The van der Waals surface area contributed by atoms with Crippen LogP contribution in [-0.4, -0.2) is 154 Å². The van der Waals surface area contributed by atoms with Crippen LogP contribution in [-0.2, 0) is 83.0 Å². The lowest BCUT2D eigenvalue weighted by atomic mass is 9.99. The van der Waals surface area contributed by atoms with Gasteiger partial charge in [-0.3, -0.25) is 19.2 Å². The molecule has 1 fully saturated rings. The van der Waals surface area contributed by atoms with Crippen LogP contribution in [0.15, 0.2) is 59.6 Å². The fraction of sp³-hybridized carbons (Fsp3) is 0.567. The number of thiazole rings is 2. The van der Waals surface area contributed by atoms with Crippen molar-refractivity contribution < 1.29 is 57.3 Å². The van der Waals surface area contributed by atoms with Crippen molar-refractivity contribution in [3.8, 4) is 0 Å². The van der Waals surface area contributed by atoms with Crippen molar-refractivity contribution in [3.63, 3.8) is 0 Å². The number of carbonyl (C=O) groups excluding carboxylic acids is 8. The Kier molecular flexibility index (Phi) is 24.9. The Morgan fingerprint density at radius 3 is 0.939 bits per heavy atom. The van der Waals surface area contributed by atoms with Crippen LogP contribution in [0.5, 0.6) is 0 Å². The highest BCUT2D eigenvalue weighted by Crippen LogP contribution is 2.27. The van der Waals surface area contributed by atoms with E-state index < -0.39 is 96.1 Å². The summed E-state index contributed by atoms with van der Waals surface area (Å²) in [4.78, 5) is 132. The normalized spacial score (nSPS) is 23.0. The lowest BCUT2D eigenvalue weighted by molar-refractivity contribution is -0.176. The number of nitrogens with zero attached hydrogens (tertiary/aromatic N) is 6. The summed E-state index contributed by atoms with van der Waals surface area (Å²) >= 11 is 15.4. The largest absolute Gasteiger partial charge is 0.451 e. The van der Waals surface area contributed by atoms with Crippen molar-refractivity contribution in [2.75, 3.05) is 28.2 Å². The smallest absolute Gasteiger partial charge is 0.329 e. The Morgan fingerprint density at radius 2 is 0.683 bits per heavy atom. The van der Waals surface area contributed by atoms with Gasteiger partial charge in [-0.15, -0.1) is 22.7 Å². The molecule has 2 aromatic heterocycles. The summed E-state index contributed by atoms with van der Waals surface area (Å²) in [6, 6.07) is 9.43. The second-order valence-corrected chi connectivity index (χ2v) is 25.5. The number of hydrogen-bond donors (Lipinski definition) is 0. The van der Waals surface area contributed by atoms with Crippen LogP contribution in [0, 0.1) is 23.7 Å². The van der Waals surface area contributed by atoms with Crippen LogP contribution >= 0.6 is 45.9 Å². The lowest BCUT2D eigenvalue weighted by Gasteiger charge is -2.35. The number of amides is 4. The van der Waals surface area contributed by atoms with E-state index in [9.17, 15) is 28.8 Å². The Hall–Kier alpha value is -5.96. The molecule has 4 aromatic rings. The van der Waals surface area contributed by atoms with Crippen molar-refractivity contribution >= 4 is 93.4 Å². The molecule has 22 heteroatoms. The van der Waals surface area contributed by atoms with Crippen LogP contribution in [0.2, 0.25) is 10.3 Å². The van der Waals surface area contributed by atoms with Gasteiger partial charge in [0.1, 0.15) is 34.5 Å². The summed E-state index contributed by atoms with van der Waals surface area (Å²) < 4.78 is 24.2.